The second-order valence-corrected chi connectivity index (χ2v) is 3.94. The molecule has 0 aliphatic heterocycles. The number of carboxylic acid groups (broad SMARTS) is 1. The van der Waals surface area contributed by atoms with Gasteiger partial charge >= 0.3 is 5.97 Å². The molecule has 0 heterocycles. The first-order valence-electron chi connectivity index (χ1n) is 5.88. The number of benzene rings is 1. The minimum Gasteiger partial charge on any atom is -0.481 e. The average Bonchev–Trinajstić information content (AvgIpc) is 2.22. The summed E-state index contributed by atoms with van der Waals surface area (Å²) in [6.45, 7) is 8.27. The van der Waals surface area contributed by atoms with Crippen molar-refractivity contribution in [1.29, 1.82) is 0 Å². The second kappa shape index (κ2) is 7.91. The molecule has 0 bridgehead atoms. The smallest absolute Gasteiger partial charge is 0.307 e. The van der Waals surface area contributed by atoms with Crippen molar-refractivity contribution in [2.45, 2.75) is 40.5 Å². The maximum atomic E-state index is 10.6. The first-order chi connectivity index (χ1) is 7.59. The highest BCUT2D eigenvalue weighted by molar-refractivity contribution is 5.70. The zero-order valence-electron chi connectivity index (χ0n) is 10.7. The van der Waals surface area contributed by atoms with Crippen molar-refractivity contribution < 1.29 is 9.90 Å². The predicted octanol–water partition coefficient (Wildman–Crippen LogP) is 3.54. The maximum absolute atomic E-state index is 10.6. The summed E-state index contributed by atoms with van der Waals surface area (Å²) in [7, 11) is 0. The normalized spacial score (nSPS) is 9.56. The fourth-order valence-corrected chi connectivity index (χ4v) is 1.53. The summed E-state index contributed by atoms with van der Waals surface area (Å²) < 4.78 is 0. The van der Waals surface area contributed by atoms with E-state index in [-0.39, 0.29) is 6.42 Å². The van der Waals surface area contributed by atoms with E-state index in [1.807, 2.05) is 38.1 Å². The highest BCUT2D eigenvalue weighted by atomic mass is 16.4. The van der Waals surface area contributed by atoms with Gasteiger partial charge in [0, 0.05) is 0 Å². The van der Waals surface area contributed by atoms with Crippen LogP contribution in [0.5, 0.6) is 0 Å². The van der Waals surface area contributed by atoms with Gasteiger partial charge in [0.25, 0.3) is 0 Å². The van der Waals surface area contributed by atoms with Crippen LogP contribution in [0.15, 0.2) is 24.3 Å². The van der Waals surface area contributed by atoms with E-state index in [9.17, 15) is 4.79 Å². The molecular weight excluding hydrogens is 200 g/mol. The van der Waals surface area contributed by atoms with Gasteiger partial charge in [-0.1, -0.05) is 52.0 Å². The quantitative estimate of drug-likeness (QED) is 0.846. The molecule has 1 aromatic carbocycles. The highest BCUT2D eigenvalue weighted by Gasteiger charge is 2.07. The zero-order valence-corrected chi connectivity index (χ0v) is 10.7. The van der Waals surface area contributed by atoms with E-state index in [1.54, 1.807) is 0 Å². The van der Waals surface area contributed by atoms with E-state index in [2.05, 4.69) is 13.8 Å². The van der Waals surface area contributed by atoms with Crippen LogP contribution < -0.4 is 0 Å². The minimum absolute atomic E-state index is 0.128. The number of hydrogen-bond donors (Lipinski definition) is 1. The third-order valence-corrected chi connectivity index (χ3v) is 2.09. The van der Waals surface area contributed by atoms with E-state index in [4.69, 9.17) is 5.11 Å². The molecule has 0 atom stereocenters. The van der Waals surface area contributed by atoms with E-state index in [1.165, 1.54) is 0 Å². The van der Waals surface area contributed by atoms with E-state index < -0.39 is 5.97 Å². The highest BCUT2D eigenvalue weighted by Crippen LogP contribution is 2.14. The van der Waals surface area contributed by atoms with E-state index in [0.717, 1.165) is 17.5 Å². The van der Waals surface area contributed by atoms with Gasteiger partial charge in [0.15, 0.2) is 0 Å². The van der Waals surface area contributed by atoms with Crippen LogP contribution >= 0.6 is 0 Å². The first-order valence-corrected chi connectivity index (χ1v) is 5.88. The molecule has 0 radical (unpaired) electrons. The van der Waals surface area contributed by atoms with Gasteiger partial charge in [-0.05, 0) is 23.5 Å². The van der Waals surface area contributed by atoms with Gasteiger partial charge < -0.3 is 5.11 Å². The molecule has 0 spiro atoms. The minimum atomic E-state index is -0.763. The molecule has 0 aliphatic carbocycles. The van der Waals surface area contributed by atoms with Crippen molar-refractivity contribution in [3.05, 3.63) is 35.4 Å². The molecule has 1 aromatic rings. The molecule has 0 fully saturated rings. The lowest BCUT2D eigenvalue weighted by atomic mass is 9.96. The Morgan fingerprint density at radius 1 is 1.19 bits per heavy atom. The molecule has 1 rings (SSSR count). The number of hydrogen-bond acceptors (Lipinski definition) is 1. The summed E-state index contributed by atoms with van der Waals surface area (Å²) in [6, 6.07) is 7.76. The summed E-state index contributed by atoms with van der Waals surface area (Å²) in [5.41, 5.74) is 2.10. The summed E-state index contributed by atoms with van der Waals surface area (Å²) >= 11 is 0. The molecule has 0 saturated heterocycles. The largest absolute Gasteiger partial charge is 0.481 e. The van der Waals surface area contributed by atoms with Gasteiger partial charge in [-0.2, -0.15) is 0 Å². The third-order valence-electron chi connectivity index (χ3n) is 2.09. The molecule has 2 nitrogen and oxygen atoms in total. The maximum Gasteiger partial charge on any atom is 0.307 e. The van der Waals surface area contributed by atoms with Crippen LogP contribution in [-0.2, 0) is 17.6 Å². The molecule has 0 amide bonds. The standard InChI is InChI=1S/C12H16O2.C2H6/c1-9(2)7-10-5-3-4-6-11(10)8-12(13)14;1-2/h3-6,9H,7-8H2,1-2H3,(H,13,14);1-2H3. The van der Waals surface area contributed by atoms with Crippen LogP contribution in [0.4, 0.5) is 0 Å². The van der Waals surface area contributed by atoms with Gasteiger partial charge in [-0.15, -0.1) is 0 Å². The van der Waals surface area contributed by atoms with Crippen molar-refractivity contribution in [2.75, 3.05) is 0 Å². The van der Waals surface area contributed by atoms with Crippen LogP contribution in [0.1, 0.15) is 38.8 Å². The Bertz CT molecular complexity index is 316. The van der Waals surface area contributed by atoms with Gasteiger partial charge in [-0.3, -0.25) is 4.79 Å². The fraction of sp³-hybridized carbons (Fsp3) is 0.500. The van der Waals surface area contributed by atoms with Gasteiger partial charge in [0.1, 0.15) is 0 Å². The van der Waals surface area contributed by atoms with Gasteiger partial charge in [-0.25, -0.2) is 0 Å². The van der Waals surface area contributed by atoms with Gasteiger partial charge in [0.2, 0.25) is 0 Å². The van der Waals surface area contributed by atoms with E-state index >= 15 is 0 Å². The van der Waals surface area contributed by atoms with Crippen LogP contribution in [-0.4, -0.2) is 11.1 Å². The Hall–Kier alpha value is -1.31. The van der Waals surface area contributed by atoms with Crippen molar-refractivity contribution >= 4 is 5.97 Å². The molecule has 16 heavy (non-hydrogen) atoms. The van der Waals surface area contributed by atoms with Crippen molar-refractivity contribution in [2.24, 2.45) is 5.92 Å². The topological polar surface area (TPSA) is 37.3 Å². The molecule has 0 aromatic heterocycles. The number of rotatable bonds is 4. The Morgan fingerprint density at radius 2 is 1.69 bits per heavy atom. The summed E-state index contributed by atoms with van der Waals surface area (Å²) in [5, 5.41) is 8.73. The zero-order chi connectivity index (χ0) is 12.6. The Kier molecular flexibility index (Phi) is 7.27. The molecule has 0 aliphatic rings. The Morgan fingerprint density at radius 3 is 2.12 bits per heavy atom. The lowest BCUT2D eigenvalue weighted by Crippen LogP contribution is -2.05. The SMILES string of the molecule is CC.CC(C)Cc1ccccc1CC(=O)O. The average molecular weight is 222 g/mol. The summed E-state index contributed by atoms with van der Waals surface area (Å²) in [6.07, 6.45) is 1.08. The third kappa shape index (κ3) is 5.54. The van der Waals surface area contributed by atoms with Crippen molar-refractivity contribution in [3.8, 4) is 0 Å². The molecule has 0 saturated carbocycles. The summed E-state index contributed by atoms with van der Waals surface area (Å²) in [5.74, 6) is -0.203. The molecule has 90 valence electrons. The summed E-state index contributed by atoms with van der Waals surface area (Å²) in [4.78, 5) is 10.6. The van der Waals surface area contributed by atoms with Gasteiger partial charge in [0.05, 0.1) is 6.42 Å². The fourth-order valence-electron chi connectivity index (χ4n) is 1.53. The van der Waals surface area contributed by atoms with Crippen LogP contribution in [0.2, 0.25) is 0 Å². The number of carboxylic acids is 1. The van der Waals surface area contributed by atoms with Crippen molar-refractivity contribution in [3.63, 3.8) is 0 Å². The number of carbonyl (C=O) groups is 1. The molecule has 1 N–H and O–H groups in total. The van der Waals surface area contributed by atoms with Crippen LogP contribution in [0, 0.1) is 5.92 Å². The van der Waals surface area contributed by atoms with Crippen molar-refractivity contribution in [1.82, 2.24) is 0 Å². The monoisotopic (exact) mass is 222 g/mol. The lowest BCUT2D eigenvalue weighted by molar-refractivity contribution is -0.136. The lowest BCUT2D eigenvalue weighted by Gasteiger charge is -2.09. The molecule has 0 unspecified atom stereocenters. The van der Waals surface area contributed by atoms with Crippen LogP contribution in [0.3, 0.4) is 0 Å². The predicted molar refractivity (Wildman–Crippen MR) is 67.7 cm³/mol. The van der Waals surface area contributed by atoms with Crippen LogP contribution in [0.25, 0.3) is 0 Å². The Labute approximate surface area is 98.3 Å². The molecule has 2 heteroatoms. The second-order valence-electron chi connectivity index (χ2n) is 3.94. The number of aliphatic carboxylic acids is 1. The van der Waals surface area contributed by atoms with E-state index in [0.29, 0.717) is 5.92 Å². The molecular formula is C14H22O2. The Balaban J connectivity index is 0.00000106. The first kappa shape index (κ1) is 14.7.